The van der Waals surface area contributed by atoms with E-state index in [1.807, 2.05) is 0 Å². The summed E-state index contributed by atoms with van der Waals surface area (Å²) >= 11 is -0.265. The van der Waals surface area contributed by atoms with Crippen LogP contribution in [-0.2, 0) is 4.79 Å². The second-order valence-electron chi connectivity index (χ2n) is 3.58. The van der Waals surface area contributed by atoms with Gasteiger partial charge in [0.05, 0.1) is 12.6 Å². The first-order valence-corrected chi connectivity index (χ1v) is 5.78. The largest absolute Gasteiger partial charge is 0.441 e. The fraction of sp³-hybridized carbons (Fsp3) is 0.875. The maximum absolute atomic E-state index is 12.7. The number of rotatable bonds is 4. The van der Waals surface area contributed by atoms with E-state index in [4.69, 9.17) is 0 Å². The van der Waals surface area contributed by atoms with E-state index in [-0.39, 0.29) is 24.1 Å². The van der Waals surface area contributed by atoms with Crippen molar-refractivity contribution in [1.82, 2.24) is 10.6 Å². The molecule has 1 unspecified atom stereocenters. The minimum Gasteiger partial charge on any atom is -0.354 e. The van der Waals surface area contributed by atoms with Crippen LogP contribution in [0.3, 0.4) is 0 Å². The molecule has 17 heavy (non-hydrogen) atoms. The molecule has 1 saturated heterocycles. The summed E-state index contributed by atoms with van der Waals surface area (Å²) in [4.78, 5) is 11.3. The van der Waals surface area contributed by atoms with E-state index in [0.717, 1.165) is 0 Å². The average Bonchev–Trinajstić information content (AvgIpc) is 2.52. The Morgan fingerprint density at radius 3 is 2.59 bits per heavy atom. The predicted molar refractivity (Wildman–Crippen MR) is 52.9 cm³/mol. The monoisotopic (exact) mass is 278 g/mol. The quantitative estimate of drug-likeness (QED) is 0.602. The Bertz CT molecular complexity index is 284. The zero-order valence-corrected chi connectivity index (χ0v) is 9.43. The van der Waals surface area contributed by atoms with Crippen LogP contribution in [0.1, 0.15) is 6.42 Å². The van der Waals surface area contributed by atoms with Crippen molar-refractivity contribution in [3.05, 3.63) is 0 Å². The first-order valence-electron chi connectivity index (χ1n) is 4.79. The molecule has 0 aromatic carbocycles. The van der Waals surface area contributed by atoms with E-state index in [0.29, 0.717) is 0 Å². The van der Waals surface area contributed by atoms with E-state index in [9.17, 15) is 26.7 Å². The van der Waals surface area contributed by atoms with Crippen molar-refractivity contribution in [1.29, 1.82) is 0 Å². The van der Waals surface area contributed by atoms with Gasteiger partial charge >= 0.3 is 5.51 Å². The van der Waals surface area contributed by atoms with Gasteiger partial charge in [-0.2, -0.15) is 13.2 Å². The molecule has 1 rings (SSSR count). The smallest absolute Gasteiger partial charge is 0.354 e. The second kappa shape index (κ2) is 5.38. The van der Waals surface area contributed by atoms with Crippen LogP contribution in [0.5, 0.6) is 0 Å². The molecule has 0 aromatic heterocycles. The van der Waals surface area contributed by atoms with Crippen LogP contribution in [-0.4, -0.2) is 42.2 Å². The zero-order valence-electron chi connectivity index (χ0n) is 8.61. The van der Waals surface area contributed by atoms with Gasteiger partial charge in [-0.3, -0.25) is 10.1 Å². The SMILES string of the molecule is O=C(NCCSC(F)(F)F)C1CC(F)(F)CN1. The molecule has 1 aliphatic rings. The maximum atomic E-state index is 12.7. The van der Waals surface area contributed by atoms with Gasteiger partial charge < -0.3 is 5.32 Å². The molecule has 1 aliphatic heterocycles. The Morgan fingerprint density at radius 1 is 1.47 bits per heavy atom. The fourth-order valence-corrected chi connectivity index (χ4v) is 1.80. The molecule has 9 heteroatoms. The van der Waals surface area contributed by atoms with Crippen molar-refractivity contribution in [2.24, 2.45) is 0 Å². The number of halogens is 5. The number of hydrogen-bond donors (Lipinski definition) is 2. The van der Waals surface area contributed by atoms with E-state index in [1.165, 1.54) is 0 Å². The molecule has 0 aliphatic carbocycles. The van der Waals surface area contributed by atoms with Crippen molar-refractivity contribution in [2.75, 3.05) is 18.8 Å². The van der Waals surface area contributed by atoms with Gasteiger partial charge in [-0.15, -0.1) is 0 Å². The number of nitrogens with one attached hydrogen (secondary N) is 2. The minimum absolute atomic E-state index is 0.202. The molecule has 2 N–H and O–H groups in total. The fourth-order valence-electron chi connectivity index (χ4n) is 1.37. The van der Waals surface area contributed by atoms with Gasteiger partial charge in [-0.1, -0.05) is 0 Å². The third-order valence-corrected chi connectivity index (χ3v) is 2.83. The molecule has 0 saturated carbocycles. The van der Waals surface area contributed by atoms with Crippen LogP contribution in [0.2, 0.25) is 0 Å². The van der Waals surface area contributed by atoms with Gasteiger partial charge in [0.15, 0.2) is 0 Å². The topological polar surface area (TPSA) is 41.1 Å². The second-order valence-corrected chi connectivity index (χ2v) is 4.74. The van der Waals surface area contributed by atoms with Crippen LogP contribution in [0.25, 0.3) is 0 Å². The Hall–Kier alpha value is -0.570. The van der Waals surface area contributed by atoms with Gasteiger partial charge in [-0.05, 0) is 11.8 Å². The number of amides is 1. The third kappa shape index (κ3) is 5.53. The van der Waals surface area contributed by atoms with E-state index >= 15 is 0 Å². The van der Waals surface area contributed by atoms with Crippen molar-refractivity contribution < 1.29 is 26.7 Å². The van der Waals surface area contributed by atoms with Crippen LogP contribution in [0, 0.1) is 0 Å². The lowest BCUT2D eigenvalue weighted by atomic mass is 10.2. The van der Waals surface area contributed by atoms with E-state index in [1.54, 1.807) is 0 Å². The van der Waals surface area contributed by atoms with Crippen LogP contribution in [0.4, 0.5) is 22.0 Å². The van der Waals surface area contributed by atoms with Gasteiger partial charge in [0.2, 0.25) is 5.91 Å². The number of hydrogen-bond acceptors (Lipinski definition) is 3. The Labute approximate surface area is 98.5 Å². The highest BCUT2D eigenvalue weighted by molar-refractivity contribution is 8.00. The highest BCUT2D eigenvalue weighted by Gasteiger charge is 2.42. The normalized spacial score (nSPS) is 23.7. The lowest BCUT2D eigenvalue weighted by Gasteiger charge is -2.11. The molecule has 0 radical (unpaired) electrons. The van der Waals surface area contributed by atoms with Gasteiger partial charge in [-0.25, -0.2) is 8.78 Å². The van der Waals surface area contributed by atoms with Crippen molar-refractivity contribution in [3.8, 4) is 0 Å². The summed E-state index contributed by atoms with van der Waals surface area (Å²) in [7, 11) is 0. The lowest BCUT2D eigenvalue weighted by Crippen LogP contribution is -2.41. The zero-order chi connectivity index (χ0) is 13.1. The summed E-state index contributed by atoms with van der Waals surface area (Å²) in [5.41, 5.74) is -4.34. The van der Waals surface area contributed by atoms with Gasteiger partial charge in [0.25, 0.3) is 5.92 Å². The Morgan fingerprint density at radius 2 is 2.12 bits per heavy atom. The highest BCUT2D eigenvalue weighted by Crippen LogP contribution is 2.29. The van der Waals surface area contributed by atoms with Crippen LogP contribution < -0.4 is 10.6 Å². The summed E-state index contributed by atoms with van der Waals surface area (Å²) in [6.45, 7) is -0.783. The number of thioether (sulfide) groups is 1. The summed E-state index contributed by atoms with van der Waals surface area (Å²) < 4.78 is 60.6. The average molecular weight is 278 g/mol. The van der Waals surface area contributed by atoms with E-state index in [2.05, 4.69) is 10.6 Å². The summed E-state index contributed by atoms with van der Waals surface area (Å²) in [6, 6.07) is -1.03. The molecule has 0 aromatic rings. The molecule has 1 atom stereocenters. The van der Waals surface area contributed by atoms with Crippen LogP contribution in [0.15, 0.2) is 0 Å². The number of carbonyl (C=O) groups is 1. The summed E-state index contributed by atoms with van der Waals surface area (Å²) in [5.74, 6) is -3.95. The van der Waals surface area contributed by atoms with Crippen molar-refractivity contribution in [2.45, 2.75) is 23.9 Å². The van der Waals surface area contributed by atoms with Gasteiger partial charge in [0, 0.05) is 18.7 Å². The molecule has 1 amide bonds. The Kier molecular flexibility index (Phi) is 4.59. The first-order chi connectivity index (χ1) is 7.70. The number of alkyl halides is 5. The molecule has 0 bridgehead atoms. The molecule has 3 nitrogen and oxygen atoms in total. The van der Waals surface area contributed by atoms with Crippen molar-refractivity contribution in [3.63, 3.8) is 0 Å². The molecule has 1 heterocycles. The molecular formula is C8H11F5N2OS. The summed E-state index contributed by atoms with van der Waals surface area (Å²) in [6.07, 6.45) is -0.620. The standard InChI is InChI=1S/C8H11F5N2OS/c9-7(10)3-5(15-4-7)6(16)14-1-2-17-8(11,12)13/h5,15H,1-4H2,(H,14,16). The third-order valence-electron chi connectivity index (χ3n) is 2.09. The predicted octanol–water partition coefficient (Wildman–Crippen LogP) is 1.35. The molecule has 100 valence electrons. The minimum atomic E-state index is -4.34. The number of carbonyl (C=O) groups excluding carboxylic acids is 1. The van der Waals surface area contributed by atoms with Gasteiger partial charge in [0.1, 0.15) is 0 Å². The van der Waals surface area contributed by atoms with Crippen molar-refractivity contribution >= 4 is 17.7 Å². The molecule has 0 spiro atoms. The summed E-state index contributed by atoms with van der Waals surface area (Å²) in [5, 5.41) is 4.49. The lowest BCUT2D eigenvalue weighted by molar-refractivity contribution is -0.123. The molecule has 1 fully saturated rings. The van der Waals surface area contributed by atoms with Crippen LogP contribution >= 0.6 is 11.8 Å². The highest BCUT2D eigenvalue weighted by atomic mass is 32.2. The first kappa shape index (κ1) is 14.5. The maximum Gasteiger partial charge on any atom is 0.441 e. The Balaban J connectivity index is 2.18. The molecular weight excluding hydrogens is 267 g/mol. The van der Waals surface area contributed by atoms with E-state index < -0.39 is 36.3 Å².